The smallest absolute Gasteiger partial charge is 0.0431 e. The first kappa shape index (κ1) is 10.0. The van der Waals surface area contributed by atoms with Crippen LogP contribution >= 0.6 is 0 Å². The molecular formula is C11H22O. The first-order chi connectivity index (χ1) is 5.84. The molecule has 1 rings (SSSR count). The molecule has 0 amide bonds. The zero-order valence-electron chi connectivity index (χ0n) is 8.26. The van der Waals surface area contributed by atoms with Gasteiger partial charge < -0.3 is 5.11 Å². The van der Waals surface area contributed by atoms with Crippen molar-refractivity contribution >= 4 is 0 Å². The van der Waals surface area contributed by atoms with Crippen molar-refractivity contribution in [3.05, 3.63) is 0 Å². The maximum Gasteiger partial charge on any atom is 0.0431 e. The Kier molecular flexibility index (Phi) is 4.67. The Labute approximate surface area is 76.2 Å². The van der Waals surface area contributed by atoms with Gasteiger partial charge in [-0.05, 0) is 24.7 Å². The molecule has 0 aliphatic heterocycles. The fourth-order valence-electron chi connectivity index (χ4n) is 2.35. The van der Waals surface area contributed by atoms with Crippen molar-refractivity contribution in [2.24, 2.45) is 11.8 Å². The van der Waals surface area contributed by atoms with Crippen molar-refractivity contribution in [3.63, 3.8) is 0 Å². The fraction of sp³-hybridized carbons (Fsp3) is 1.00. The summed E-state index contributed by atoms with van der Waals surface area (Å²) in [6, 6.07) is 0. The highest BCUT2D eigenvalue weighted by Gasteiger charge is 2.19. The molecule has 72 valence electrons. The Hall–Kier alpha value is -0.0400. The van der Waals surface area contributed by atoms with Gasteiger partial charge in [0.1, 0.15) is 0 Å². The molecule has 1 heteroatoms. The lowest BCUT2D eigenvalue weighted by Gasteiger charge is -2.27. The van der Waals surface area contributed by atoms with Crippen molar-refractivity contribution in [2.45, 2.75) is 51.9 Å². The molecule has 1 N–H and O–H groups in total. The second kappa shape index (κ2) is 5.58. The molecular weight excluding hydrogens is 148 g/mol. The van der Waals surface area contributed by atoms with E-state index in [4.69, 9.17) is 5.11 Å². The Morgan fingerprint density at radius 1 is 1.25 bits per heavy atom. The van der Waals surface area contributed by atoms with Crippen LogP contribution in [0.15, 0.2) is 0 Å². The average molecular weight is 170 g/mol. The molecule has 0 heterocycles. The van der Waals surface area contributed by atoms with Crippen LogP contribution in [0.5, 0.6) is 0 Å². The van der Waals surface area contributed by atoms with Crippen molar-refractivity contribution in [2.75, 3.05) is 6.61 Å². The molecule has 1 saturated carbocycles. The molecule has 1 aliphatic rings. The second-order valence-corrected chi connectivity index (χ2v) is 4.24. The standard InChI is InChI=1S/C11H22O/c1-10(6-5-9-12)11-7-3-2-4-8-11/h10-12H,2-9H2,1H3. The highest BCUT2D eigenvalue weighted by Crippen LogP contribution is 2.31. The number of aliphatic hydroxyl groups is 1. The molecule has 0 aromatic heterocycles. The van der Waals surface area contributed by atoms with Gasteiger partial charge in [-0.2, -0.15) is 0 Å². The van der Waals surface area contributed by atoms with Gasteiger partial charge in [-0.1, -0.05) is 39.0 Å². The van der Waals surface area contributed by atoms with E-state index in [9.17, 15) is 0 Å². The van der Waals surface area contributed by atoms with Gasteiger partial charge in [-0.15, -0.1) is 0 Å². The predicted molar refractivity (Wildman–Crippen MR) is 52.1 cm³/mol. The van der Waals surface area contributed by atoms with E-state index in [1.165, 1.54) is 38.5 Å². The molecule has 0 spiro atoms. The van der Waals surface area contributed by atoms with E-state index >= 15 is 0 Å². The van der Waals surface area contributed by atoms with Gasteiger partial charge in [0.15, 0.2) is 0 Å². The average Bonchev–Trinajstić information content (AvgIpc) is 2.15. The summed E-state index contributed by atoms with van der Waals surface area (Å²) in [6.45, 7) is 2.72. The molecule has 1 aliphatic carbocycles. The Morgan fingerprint density at radius 2 is 1.92 bits per heavy atom. The summed E-state index contributed by atoms with van der Waals surface area (Å²) in [5.74, 6) is 1.81. The maximum absolute atomic E-state index is 8.71. The van der Waals surface area contributed by atoms with Crippen LogP contribution in [0.2, 0.25) is 0 Å². The minimum Gasteiger partial charge on any atom is -0.396 e. The van der Waals surface area contributed by atoms with Crippen LogP contribution in [0.3, 0.4) is 0 Å². The maximum atomic E-state index is 8.71. The first-order valence-electron chi connectivity index (χ1n) is 5.45. The van der Waals surface area contributed by atoms with E-state index in [0.29, 0.717) is 6.61 Å². The molecule has 1 unspecified atom stereocenters. The summed E-state index contributed by atoms with van der Waals surface area (Å²) in [6.07, 6.45) is 9.42. The summed E-state index contributed by atoms with van der Waals surface area (Å²) in [5, 5.41) is 8.71. The molecule has 0 saturated heterocycles. The van der Waals surface area contributed by atoms with Crippen molar-refractivity contribution in [1.29, 1.82) is 0 Å². The van der Waals surface area contributed by atoms with Gasteiger partial charge in [0, 0.05) is 6.61 Å². The molecule has 0 aromatic carbocycles. The van der Waals surface area contributed by atoms with Crippen molar-refractivity contribution in [1.82, 2.24) is 0 Å². The van der Waals surface area contributed by atoms with E-state index < -0.39 is 0 Å². The molecule has 12 heavy (non-hydrogen) atoms. The minimum atomic E-state index is 0.372. The first-order valence-corrected chi connectivity index (χ1v) is 5.45. The lowest BCUT2D eigenvalue weighted by Crippen LogP contribution is -2.15. The van der Waals surface area contributed by atoms with Gasteiger partial charge in [0.2, 0.25) is 0 Å². The normalized spacial score (nSPS) is 22.5. The van der Waals surface area contributed by atoms with Crippen LogP contribution in [0.4, 0.5) is 0 Å². The Balaban J connectivity index is 2.15. The molecule has 0 bridgehead atoms. The van der Waals surface area contributed by atoms with E-state index in [2.05, 4.69) is 6.92 Å². The van der Waals surface area contributed by atoms with Crippen LogP contribution in [-0.4, -0.2) is 11.7 Å². The van der Waals surface area contributed by atoms with Crippen LogP contribution in [0.1, 0.15) is 51.9 Å². The van der Waals surface area contributed by atoms with Gasteiger partial charge in [0.05, 0.1) is 0 Å². The zero-order valence-corrected chi connectivity index (χ0v) is 8.26. The monoisotopic (exact) mass is 170 g/mol. The SMILES string of the molecule is CC(CCCO)C1CCCCC1. The number of aliphatic hydroxyl groups excluding tert-OH is 1. The summed E-state index contributed by atoms with van der Waals surface area (Å²) in [5.41, 5.74) is 0. The summed E-state index contributed by atoms with van der Waals surface area (Å²) in [7, 11) is 0. The molecule has 0 aromatic rings. The topological polar surface area (TPSA) is 20.2 Å². The predicted octanol–water partition coefficient (Wildman–Crippen LogP) is 2.98. The van der Waals surface area contributed by atoms with E-state index in [1.54, 1.807) is 0 Å². The third kappa shape index (κ3) is 3.14. The Bertz CT molecular complexity index is 106. The molecule has 1 nitrogen and oxygen atoms in total. The third-order valence-electron chi connectivity index (χ3n) is 3.27. The van der Waals surface area contributed by atoms with Gasteiger partial charge in [0.25, 0.3) is 0 Å². The quantitative estimate of drug-likeness (QED) is 0.687. The zero-order chi connectivity index (χ0) is 8.81. The van der Waals surface area contributed by atoms with Gasteiger partial charge in [-0.25, -0.2) is 0 Å². The fourth-order valence-corrected chi connectivity index (χ4v) is 2.35. The second-order valence-electron chi connectivity index (χ2n) is 4.24. The molecule has 1 fully saturated rings. The minimum absolute atomic E-state index is 0.372. The van der Waals surface area contributed by atoms with Crippen LogP contribution in [-0.2, 0) is 0 Å². The van der Waals surface area contributed by atoms with Crippen LogP contribution in [0.25, 0.3) is 0 Å². The van der Waals surface area contributed by atoms with E-state index in [0.717, 1.165) is 18.3 Å². The lowest BCUT2D eigenvalue weighted by molar-refractivity contribution is 0.221. The Morgan fingerprint density at radius 3 is 2.50 bits per heavy atom. The summed E-state index contributed by atoms with van der Waals surface area (Å²) < 4.78 is 0. The van der Waals surface area contributed by atoms with Gasteiger partial charge in [-0.3, -0.25) is 0 Å². The van der Waals surface area contributed by atoms with Crippen LogP contribution < -0.4 is 0 Å². The highest BCUT2D eigenvalue weighted by molar-refractivity contribution is 4.70. The van der Waals surface area contributed by atoms with Crippen LogP contribution in [0, 0.1) is 11.8 Å². The number of rotatable bonds is 4. The van der Waals surface area contributed by atoms with E-state index in [-0.39, 0.29) is 0 Å². The van der Waals surface area contributed by atoms with Gasteiger partial charge >= 0.3 is 0 Å². The summed E-state index contributed by atoms with van der Waals surface area (Å²) in [4.78, 5) is 0. The lowest BCUT2D eigenvalue weighted by atomic mass is 9.79. The van der Waals surface area contributed by atoms with Crippen molar-refractivity contribution < 1.29 is 5.11 Å². The third-order valence-corrected chi connectivity index (χ3v) is 3.27. The molecule has 1 atom stereocenters. The largest absolute Gasteiger partial charge is 0.396 e. The summed E-state index contributed by atoms with van der Waals surface area (Å²) >= 11 is 0. The van der Waals surface area contributed by atoms with E-state index in [1.807, 2.05) is 0 Å². The highest BCUT2D eigenvalue weighted by atomic mass is 16.2. The number of hydrogen-bond acceptors (Lipinski definition) is 1. The van der Waals surface area contributed by atoms with Crippen molar-refractivity contribution in [3.8, 4) is 0 Å². The number of hydrogen-bond donors (Lipinski definition) is 1. The molecule has 0 radical (unpaired) electrons.